The van der Waals surface area contributed by atoms with E-state index in [1.165, 1.54) is 12.1 Å². The maximum Gasteiger partial charge on any atom is 0.340 e. The molecule has 0 bridgehead atoms. The maximum atomic E-state index is 13.6. The molecule has 1 amide bonds. The third-order valence-electron chi connectivity index (χ3n) is 2.91. The van der Waals surface area contributed by atoms with Gasteiger partial charge in [-0.15, -0.1) is 0 Å². The fourth-order valence-electron chi connectivity index (χ4n) is 1.96. The zero-order chi connectivity index (χ0) is 15.6. The average Bonchev–Trinajstić information content (AvgIpc) is 2.79. The minimum absolute atomic E-state index is 0.0764. The zero-order valence-corrected chi connectivity index (χ0v) is 12.6. The van der Waals surface area contributed by atoms with E-state index in [0.29, 0.717) is 12.2 Å². The summed E-state index contributed by atoms with van der Waals surface area (Å²) < 4.78 is 16.0. The Hall–Kier alpha value is -2.15. The van der Waals surface area contributed by atoms with Gasteiger partial charge in [0.1, 0.15) is 17.1 Å². The third-order valence-corrected chi connectivity index (χ3v) is 3.35. The molecule has 0 unspecified atom stereocenters. The number of amides is 1. The lowest BCUT2D eigenvalue weighted by molar-refractivity contribution is 0.0693. The van der Waals surface area contributed by atoms with Crippen LogP contribution >= 0.6 is 15.9 Å². The number of carbonyl (C=O) groups is 2. The lowest BCUT2D eigenvalue weighted by Gasteiger charge is -2.10. The molecule has 0 spiro atoms. The van der Waals surface area contributed by atoms with Crippen LogP contribution in [0.2, 0.25) is 0 Å². The molecule has 0 fully saturated rings. The molecule has 0 aliphatic carbocycles. The van der Waals surface area contributed by atoms with Crippen LogP contribution in [0.5, 0.6) is 0 Å². The Kier molecular flexibility index (Phi) is 4.42. The van der Waals surface area contributed by atoms with Crippen molar-refractivity contribution in [3.05, 3.63) is 52.0 Å². The SMILES string of the molecule is CCn1cc(Br)cc1C(=O)Nc1cccc(F)c1C(=O)O. The van der Waals surface area contributed by atoms with Crippen LogP contribution in [0.3, 0.4) is 0 Å². The second-order valence-corrected chi connectivity index (χ2v) is 5.17. The number of halogens is 2. The first-order valence-corrected chi connectivity index (χ1v) is 6.92. The van der Waals surface area contributed by atoms with Gasteiger partial charge in [0.2, 0.25) is 0 Å². The summed E-state index contributed by atoms with van der Waals surface area (Å²) in [6, 6.07) is 5.33. The van der Waals surface area contributed by atoms with E-state index in [0.717, 1.165) is 10.5 Å². The summed E-state index contributed by atoms with van der Waals surface area (Å²) in [5, 5.41) is 11.5. The molecule has 0 aliphatic heterocycles. The van der Waals surface area contributed by atoms with Gasteiger partial charge in [-0.2, -0.15) is 0 Å². The van der Waals surface area contributed by atoms with Gasteiger partial charge in [-0.1, -0.05) is 6.07 Å². The van der Waals surface area contributed by atoms with Gasteiger partial charge in [-0.25, -0.2) is 9.18 Å². The van der Waals surface area contributed by atoms with Crippen LogP contribution in [0.4, 0.5) is 10.1 Å². The van der Waals surface area contributed by atoms with Gasteiger partial charge in [-0.3, -0.25) is 4.79 Å². The quantitative estimate of drug-likeness (QED) is 0.884. The molecule has 21 heavy (non-hydrogen) atoms. The van der Waals surface area contributed by atoms with Crippen LogP contribution in [-0.4, -0.2) is 21.6 Å². The number of aromatic carboxylic acids is 1. The van der Waals surface area contributed by atoms with E-state index in [2.05, 4.69) is 21.2 Å². The van der Waals surface area contributed by atoms with Crippen molar-refractivity contribution < 1.29 is 19.1 Å². The highest BCUT2D eigenvalue weighted by atomic mass is 79.9. The van der Waals surface area contributed by atoms with Gasteiger partial charge in [0.15, 0.2) is 0 Å². The minimum Gasteiger partial charge on any atom is -0.478 e. The summed E-state index contributed by atoms with van der Waals surface area (Å²) in [6.45, 7) is 2.44. The second kappa shape index (κ2) is 6.09. The number of nitrogens with zero attached hydrogens (tertiary/aromatic N) is 1. The van der Waals surface area contributed by atoms with Crippen molar-refractivity contribution in [2.24, 2.45) is 0 Å². The van der Waals surface area contributed by atoms with Gasteiger partial charge >= 0.3 is 5.97 Å². The molecule has 0 aliphatic rings. The molecule has 2 aromatic rings. The predicted molar refractivity (Wildman–Crippen MR) is 79.1 cm³/mol. The van der Waals surface area contributed by atoms with Gasteiger partial charge in [-0.05, 0) is 41.1 Å². The largest absolute Gasteiger partial charge is 0.478 e. The standard InChI is InChI=1S/C14H12BrFN2O3/c1-2-18-7-8(15)6-11(18)13(19)17-10-5-3-4-9(16)12(10)14(20)21/h3-7H,2H2,1H3,(H,17,19)(H,20,21). The lowest BCUT2D eigenvalue weighted by atomic mass is 10.1. The van der Waals surface area contributed by atoms with Gasteiger partial charge in [0, 0.05) is 17.2 Å². The summed E-state index contributed by atoms with van der Waals surface area (Å²) in [4.78, 5) is 23.3. The molecule has 1 aromatic carbocycles. The third kappa shape index (κ3) is 3.13. The number of hydrogen-bond donors (Lipinski definition) is 2. The molecule has 1 aromatic heterocycles. The number of carbonyl (C=O) groups excluding carboxylic acids is 1. The van der Waals surface area contributed by atoms with Crippen LogP contribution < -0.4 is 5.32 Å². The van der Waals surface area contributed by atoms with Crippen LogP contribution in [0.1, 0.15) is 27.8 Å². The maximum absolute atomic E-state index is 13.6. The number of nitrogens with one attached hydrogen (secondary N) is 1. The number of anilines is 1. The van der Waals surface area contributed by atoms with Crippen molar-refractivity contribution in [2.75, 3.05) is 5.32 Å². The molecule has 5 nitrogen and oxygen atoms in total. The van der Waals surface area contributed by atoms with Crippen LogP contribution in [0, 0.1) is 5.82 Å². The fourth-order valence-corrected chi connectivity index (χ4v) is 2.42. The molecular weight excluding hydrogens is 343 g/mol. The second-order valence-electron chi connectivity index (χ2n) is 4.25. The molecule has 0 saturated carbocycles. The first kappa shape index (κ1) is 15.2. The van der Waals surface area contributed by atoms with Gasteiger partial charge < -0.3 is 15.0 Å². The van der Waals surface area contributed by atoms with E-state index in [4.69, 9.17) is 5.11 Å². The molecule has 0 radical (unpaired) electrons. The normalized spacial score (nSPS) is 10.4. The van der Waals surface area contributed by atoms with Crippen LogP contribution in [0.25, 0.3) is 0 Å². The van der Waals surface area contributed by atoms with E-state index in [1.54, 1.807) is 16.8 Å². The number of benzene rings is 1. The molecule has 2 rings (SSSR count). The number of aryl methyl sites for hydroxylation is 1. The highest BCUT2D eigenvalue weighted by molar-refractivity contribution is 9.10. The average molecular weight is 355 g/mol. The highest BCUT2D eigenvalue weighted by Crippen LogP contribution is 2.21. The minimum atomic E-state index is -1.43. The lowest BCUT2D eigenvalue weighted by Crippen LogP contribution is -2.18. The number of aromatic nitrogens is 1. The van der Waals surface area contributed by atoms with Crippen molar-refractivity contribution in [3.63, 3.8) is 0 Å². The van der Waals surface area contributed by atoms with Crippen molar-refractivity contribution in [2.45, 2.75) is 13.5 Å². The molecule has 1 heterocycles. The predicted octanol–water partition coefficient (Wildman–Crippen LogP) is 3.36. The van der Waals surface area contributed by atoms with Crippen molar-refractivity contribution in [1.29, 1.82) is 0 Å². The first-order valence-electron chi connectivity index (χ1n) is 6.13. The summed E-state index contributed by atoms with van der Waals surface area (Å²) in [6.07, 6.45) is 1.73. The number of carboxylic acid groups (broad SMARTS) is 1. The Balaban J connectivity index is 2.36. The number of carboxylic acids is 1. The van der Waals surface area contributed by atoms with Gasteiger partial charge in [0.25, 0.3) is 5.91 Å². The summed E-state index contributed by atoms with van der Waals surface area (Å²) in [5.74, 6) is -2.83. The van der Waals surface area contributed by atoms with Crippen LogP contribution in [-0.2, 0) is 6.54 Å². The molecule has 110 valence electrons. The van der Waals surface area contributed by atoms with E-state index >= 15 is 0 Å². The summed E-state index contributed by atoms with van der Waals surface area (Å²) in [5.41, 5.74) is -0.281. The van der Waals surface area contributed by atoms with E-state index < -0.39 is 23.3 Å². The van der Waals surface area contributed by atoms with Crippen LogP contribution in [0.15, 0.2) is 34.9 Å². The van der Waals surface area contributed by atoms with E-state index in [-0.39, 0.29) is 5.69 Å². The topological polar surface area (TPSA) is 71.3 Å². The Morgan fingerprint density at radius 2 is 2.14 bits per heavy atom. The van der Waals surface area contributed by atoms with Crippen molar-refractivity contribution >= 4 is 33.5 Å². The van der Waals surface area contributed by atoms with Gasteiger partial charge in [0.05, 0.1) is 5.69 Å². The Bertz CT molecular complexity index is 712. The Labute approximate surface area is 128 Å². The molecule has 0 atom stereocenters. The fraction of sp³-hybridized carbons (Fsp3) is 0.143. The summed E-state index contributed by atoms with van der Waals surface area (Å²) in [7, 11) is 0. The number of hydrogen-bond acceptors (Lipinski definition) is 2. The number of rotatable bonds is 4. The van der Waals surface area contributed by atoms with E-state index in [1.807, 2.05) is 6.92 Å². The monoisotopic (exact) mass is 354 g/mol. The first-order chi connectivity index (χ1) is 9.93. The Morgan fingerprint density at radius 3 is 2.76 bits per heavy atom. The summed E-state index contributed by atoms with van der Waals surface area (Å²) >= 11 is 3.27. The van der Waals surface area contributed by atoms with Crippen molar-refractivity contribution in [3.8, 4) is 0 Å². The highest BCUT2D eigenvalue weighted by Gasteiger charge is 2.19. The van der Waals surface area contributed by atoms with E-state index in [9.17, 15) is 14.0 Å². The van der Waals surface area contributed by atoms with Crippen molar-refractivity contribution in [1.82, 2.24) is 4.57 Å². The Morgan fingerprint density at radius 1 is 1.43 bits per heavy atom. The zero-order valence-electron chi connectivity index (χ0n) is 11.1. The molecule has 7 heteroatoms. The molecule has 2 N–H and O–H groups in total. The molecule has 0 saturated heterocycles. The molecular formula is C14H12BrFN2O3. The smallest absolute Gasteiger partial charge is 0.340 e.